The zero-order valence-corrected chi connectivity index (χ0v) is 18.9. The van der Waals surface area contributed by atoms with E-state index in [0.717, 1.165) is 17.7 Å². The monoisotopic (exact) mass is 431 g/mol. The number of benzene rings is 2. The van der Waals surface area contributed by atoms with Crippen molar-refractivity contribution in [2.24, 2.45) is 5.41 Å². The van der Waals surface area contributed by atoms with E-state index in [1.165, 1.54) is 5.56 Å². The van der Waals surface area contributed by atoms with Crippen molar-refractivity contribution in [3.05, 3.63) is 77.6 Å². The number of carbonyl (C=O) groups is 2. The van der Waals surface area contributed by atoms with Crippen molar-refractivity contribution in [2.75, 3.05) is 27.2 Å². The van der Waals surface area contributed by atoms with Crippen LogP contribution in [0.2, 0.25) is 0 Å². The fraction of sp³-hybridized carbons (Fsp3) is 0.346. The molecule has 1 aliphatic rings. The first-order valence-corrected chi connectivity index (χ1v) is 11.0. The zero-order chi connectivity index (χ0) is 22.7. The van der Waals surface area contributed by atoms with Crippen LogP contribution in [-0.4, -0.2) is 54.0 Å². The summed E-state index contributed by atoms with van der Waals surface area (Å²) in [4.78, 5) is 29.9. The lowest BCUT2D eigenvalue weighted by Crippen LogP contribution is -2.54. The highest BCUT2D eigenvalue weighted by Gasteiger charge is 2.45. The highest BCUT2D eigenvalue weighted by atomic mass is 16.5. The Labute approximate surface area is 188 Å². The normalized spacial score (nSPS) is 18.4. The van der Waals surface area contributed by atoms with Crippen LogP contribution in [0.5, 0.6) is 0 Å². The van der Waals surface area contributed by atoms with E-state index in [2.05, 4.69) is 5.16 Å². The van der Waals surface area contributed by atoms with E-state index in [1.54, 1.807) is 23.9 Å². The van der Waals surface area contributed by atoms with Crippen molar-refractivity contribution in [3.63, 3.8) is 0 Å². The Morgan fingerprint density at radius 2 is 1.81 bits per heavy atom. The van der Waals surface area contributed by atoms with Crippen LogP contribution < -0.4 is 0 Å². The van der Waals surface area contributed by atoms with Gasteiger partial charge in [0.2, 0.25) is 5.91 Å². The molecule has 0 unspecified atom stereocenters. The van der Waals surface area contributed by atoms with Gasteiger partial charge in [-0.1, -0.05) is 53.2 Å². The van der Waals surface area contributed by atoms with Crippen LogP contribution in [0.3, 0.4) is 0 Å². The number of aryl methyl sites for hydroxylation is 1. The molecule has 4 rings (SSSR count). The molecule has 6 heteroatoms. The number of rotatable bonds is 5. The maximum Gasteiger partial charge on any atom is 0.253 e. The fourth-order valence-corrected chi connectivity index (χ4v) is 4.53. The molecule has 1 aromatic heterocycles. The first-order valence-electron chi connectivity index (χ1n) is 11.0. The minimum absolute atomic E-state index is 0.0105. The molecule has 2 aromatic carbocycles. The van der Waals surface area contributed by atoms with Crippen molar-refractivity contribution in [2.45, 2.75) is 26.2 Å². The molecule has 0 bridgehead atoms. The molecule has 0 spiro atoms. The molecular weight excluding hydrogens is 402 g/mol. The lowest BCUT2D eigenvalue weighted by atomic mass is 9.75. The number of nitrogens with zero attached hydrogens (tertiary/aromatic N) is 3. The maximum atomic E-state index is 13.4. The maximum absolute atomic E-state index is 13.4. The summed E-state index contributed by atoms with van der Waals surface area (Å²) in [7, 11) is 3.53. The summed E-state index contributed by atoms with van der Waals surface area (Å²) < 4.78 is 5.66. The largest absolute Gasteiger partial charge is 0.361 e. The van der Waals surface area contributed by atoms with Gasteiger partial charge < -0.3 is 14.3 Å². The van der Waals surface area contributed by atoms with Crippen LogP contribution in [0, 0.1) is 12.3 Å². The Hall–Kier alpha value is -3.41. The third-order valence-electron chi connectivity index (χ3n) is 6.16. The summed E-state index contributed by atoms with van der Waals surface area (Å²) >= 11 is 0. The molecule has 0 aliphatic carbocycles. The van der Waals surface area contributed by atoms with E-state index >= 15 is 0 Å². The van der Waals surface area contributed by atoms with Crippen molar-refractivity contribution in [1.29, 1.82) is 0 Å². The molecule has 0 radical (unpaired) electrons. The summed E-state index contributed by atoms with van der Waals surface area (Å²) in [6.45, 7) is 3.04. The molecule has 1 fully saturated rings. The Bertz CT molecular complexity index is 1090. The van der Waals surface area contributed by atoms with E-state index in [0.29, 0.717) is 37.3 Å². The molecule has 1 atom stereocenters. The third kappa shape index (κ3) is 4.44. The van der Waals surface area contributed by atoms with Gasteiger partial charge in [-0.05, 0) is 31.9 Å². The van der Waals surface area contributed by atoms with Gasteiger partial charge in [-0.15, -0.1) is 0 Å². The number of hydrogen-bond donors (Lipinski definition) is 0. The summed E-state index contributed by atoms with van der Waals surface area (Å²) in [5.41, 5.74) is 2.81. The summed E-state index contributed by atoms with van der Waals surface area (Å²) in [5.74, 6) is 0.625. The van der Waals surface area contributed by atoms with Gasteiger partial charge in [0.1, 0.15) is 11.5 Å². The Balaban J connectivity index is 1.60. The first kappa shape index (κ1) is 21.8. The quantitative estimate of drug-likeness (QED) is 0.607. The van der Waals surface area contributed by atoms with Crippen molar-refractivity contribution < 1.29 is 14.1 Å². The molecule has 2 heterocycles. The molecule has 1 saturated heterocycles. The number of amides is 2. The number of carbonyl (C=O) groups excluding carboxylic acids is 2. The number of piperidine rings is 1. The molecule has 6 nitrogen and oxygen atoms in total. The van der Waals surface area contributed by atoms with Gasteiger partial charge in [-0.25, -0.2) is 0 Å². The van der Waals surface area contributed by atoms with E-state index in [9.17, 15) is 9.59 Å². The predicted molar refractivity (Wildman–Crippen MR) is 123 cm³/mol. The molecule has 1 aliphatic heterocycles. The van der Waals surface area contributed by atoms with Gasteiger partial charge in [0.25, 0.3) is 5.91 Å². The topological polar surface area (TPSA) is 66.7 Å². The third-order valence-corrected chi connectivity index (χ3v) is 6.16. The summed E-state index contributed by atoms with van der Waals surface area (Å²) in [6, 6.07) is 19.2. The first-order chi connectivity index (χ1) is 15.4. The van der Waals surface area contributed by atoms with Crippen LogP contribution in [0.25, 0.3) is 11.3 Å². The minimum atomic E-state index is -0.740. The zero-order valence-electron chi connectivity index (χ0n) is 18.9. The molecule has 0 N–H and O–H groups in total. The summed E-state index contributed by atoms with van der Waals surface area (Å²) in [6.07, 6.45) is 1.86. The van der Waals surface area contributed by atoms with Crippen molar-refractivity contribution in [3.8, 4) is 11.3 Å². The van der Waals surface area contributed by atoms with Gasteiger partial charge in [-0.2, -0.15) is 0 Å². The summed E-state index contributed by atoms with van der Waals surface area (Å²) in [5, 5.41) is 4.24. The molecular formula is C26H29N3O3. The molecule has 3 aromatic rings. The second kappa shape index (κ2) is 8.99. The van der Waals surface area contributed by atoms with Crippen LogP contribution in [0.15, 0.2) is 65.2 Å². The van der Waals surface area contributed by atoms with Crippen LogP contribution in [0.4, 0.5) is 0 Å². The number of aromatic nitrogens is 1. The predicted octanol–water partition coefficient (Wildman–Crippen LogP) is 4.20. The second-order valence-corrected chi connectivity index (χ2v) is 8.90. The lowest BCUT2D eigenvalue weighted by Gasteiger charge is -2.42. The van der Waals surface area contributed by atoms with Crippen molar-refractivity contribution in [1.82, 2.24) is 15.0 Å². The van der Waals surface area contributed by atoms with Crippen LogP contribution in [0.1, 0.15) is 34.5 Å². The van der Waals surface area contributed by atoms with Gasteiger partial charge in [0, 0.05) is 50.8 Å². The van der Waals surface area contributed by atoms with Gasteiger partial charge in [-0.3, -0.25) is 9.59 Å². The highest BCUT2D eigenvalue weighted by molar-refractivity contribution is 5.95. The molecule has 2 amide bonds. The van der Waals surface area contributed by atoms with Crippen LogP contribution in [-0.2, 0) is 11.2 Å². The standard InChI is InChI=1S/C26H29N3O3/c1-19-10-12-20(13-11-19)23-16-22(32-27-23)17-26(25(31)28(2)3)14-7-15-29(18-26)24(30)21-8-5-4-6-9-21/h4-6,8-13,16H,7,14-15,17-18H2,1-3H3/t26-/m1/s1. The van der Waals surface area contributed by atoms with Gasteiger partial charge in [0.05, 0.1) is 5.41 Å². The van der Waals surface area contributed by atoms with Gasteiger partial charge >= 0.3 is 0 Å². The Morgan fingerprint density at radius 1 is 1.09 bits per heavy atom. The van der Waals surface area contributed by atoms with E-state index < -0.39 is 5.41 Å². The second-order valence-electron chi connectivity index (χ2n) is 8.90. The van der Waals surface area contributed by atoms with E-state index in [1.807, 2.05) is 67.6 Å². The smallest absolute Gasteiger partial charge is 0.253 e. The van der Waals surface area contributed by atoms with Crippen LogP contribution >= 0.6 is 0 Å². The van der Waals surface area contributed by atoms with Crippen molar-refractivity contribution >= 4 is 11.8 Å². The number of likely N-dealkylation sites (tertiary alicyclic amines) is 1. The van der Waals surface area contributed by atoms with E-state index in [4.69, 9.17) is 4.52 Å². The molecule has 32 heavy (non-hydrogen) atoms. The average Bonchev–Trinajstić information content (AvgIpc) is 3.27. The highest BCUT2D eigenvalue weighted by Crippen LogP contribution is 2.37. The van der Waals surface area contributed by atoms with Gasteiger partial charge in [0.15, 0.2) is 0 Å². The lowest BCUT2D eigenvalue weighted by molar-refractivity contribution is -0.142. The fourth-order valence-electron chi connectivity index (χ4n) is 4.53. The molecule has 166 valence electrons. The Kier molecular flexibility index (Phi) is 6.12. The van der Waals surface area contributed by atoms with E-state index in [-0.39, 0.29) is 11.8 Å². The SMILES string of the molecule is Cc1ccc(-c2cc(C[C@]3(C(=O)N(C)C)CCCN(C(=O)c4ccccc4)C3)on2)cc1. The minimum Gasteiger partial charge on any atom is -0.361 e. The Morgan fingerprint density at radius 3 is 2.50 bits per heavy atom. The molecule has 0 saturated carbocycles. The number of hydrogen-bond acceptors (Lipinski definition) is 4. The average molecular weight is 432 g/mol.